The van der Waals surface area contributed by atoms with Crippen LogP contribution in [-0.4, -0.2) is 88.2 Å². The summed E-state index contributed by atoms with van der Waals surface area (Å²) in [6.45, 7) is 4.66. The SMILES string of the molecule is CN(C)c1ccc2c(c1)[Si](C)(C)C1=CC(=[N+](C)C)C=CC1=C2c1ccc(C(=O)NCCN2C(=O)C=CC2=O)cc1C(=O)[O-]. The van der Waals surface area contributed by atoms with Crippen LogP contribution in [0.1, 0.15) is 31.8 Å². The molecule has 0 spiro atoms. The molecule has 10 heteroatoms. The molecule has 0 unspecified atom stereocenters. The van der Waals surface area contributed by atoms with Crippen molar-refractivity contribution in [3.63, 3.8) is 0 Å². The van der Waals surface area contributed by atoms with Crippen molar-refractivity contribution in [1.82, 2.24) is 10.2 Å². The molecule has 0 atom stereocenters. The third kappa shape index (κ3) is 5.30. The molecule has 220 valence electrons. The van der Waals surface area contributed by atoms with Crippen LogP contribution in [0.4, 0.5) is 5.69 Å². The summed E-state index contributed by atoms with van der Waals surface area (Å²) in [5.41, 5.74) is 5.37. The third-order valence-corrected chi connectivity index (χ3v) is 11.7. The molecule has 0 fully saturated rings. The molecular weight excluding hydrogens is 560 g/mol. The molecule has 0 radical (unpaired) electrons. The molecule has 9 nitrogen and oxygen atoms in total. The zero-order chi connectivity index (χ0) is 31.2. The smallest absolute Gasteiger partial charge is 0.253 e. The predicted octanol–water partition coefficient (Wildman–Crippen LogP) is 1.25. The van der Waals surface area contributed by atoms with Crippen molar-refractivity contribution >= 4 is 53.9 Å². The number of imide groups is 1. The summed E-state index contributed by atoms with van der Waals surface area (Å²) in [5, 5.41) is 17.7. The summed E-state index contributed by atoms with van der Waals surface area (Å²) in [6, 6.07) is 10.9. The fourth-order valence-electron chi connectivity index (χ4n) is 5.78. The minimum absolute atomic E-state index is 0.0108. The fourth-order valence-corrected chi connectivity index (χ4v) is 8.85. The first-order valence-corrected chi connectivity index (χ1v) is 17.0. The Morgan fingerprint density at radius 2 is 1.63 bits per heavy atom. The number of anilines is 1. The predicted molar refractivity (Wildman–Crippen MR) is 167 cm³/mol. The summed E-state index contributed by atoms with van der Waals surface area (Å²) >= 11 is 0. The van der Waals surface area contributed by atoms with Gasteiger partial charge in [-0.15, -0.1) is 0 Å². The first kappa shape index (κ1) is 29.7. The monoisotopic (exact) mass is 594 g/mol. The average Bonchev–Trinajstić information content (AvgIpc) is 3.29. The Kier molecular flexibility index (Phi) is 7.66. The van der Waals surface area contributed by atoms with E-state index in [1.54, 1.807) is 12.1 Å². The molecule has 0 aromatic heterocycles. The van der Waals surface area contributed by atoms with E-state index in [2.05, 4.69) is 52.2 Å². The summed E-state index contributed by atoms with van der Waals surface area (Å²) in [4.78, 5) is 52.2. The van der Waals surface area contributed by atoms with Gasteiger partial charge in [0.1, 0.15) is 22.2 Å². The number of carboxylic acid groups (broad SMARTS) is 1. The number of nitrogens with one attached hydrogen (secondary N) is 1. The Bertz CT molecular complexity index is 1740. The molecule has 0 saturated heterocycles. The lowest BCUT2D eigenvalue weighted by atomic mass is 9.86. The van der Waals surface area contributed by atoms with Gasteiger partial charge in [-0.1, -0.05) is 25.2 Å². The molecule has 2 aliphatic heterocycles. The van der Waals surface area contributed by atoms with Gasteiger partial charge in [0.2, 0.25) is 0 Å². The number of hydrogen-bond donors (Lipinski definition) is 1. The number of carbonyl (C=O) groups is 4. The molecule has 1 aliphatic carbocycles. The van der Waals surface area contributed by atoms with Crippen LogP contribution in [0, 0.1) is 0 Å². The second kappa shape index (κ2) is 11.1. The minimum Gasteiger partial charge on any atom is -0.545 e. The van der Waals surface area contributed by atoms with Crippen molar-refractivity contribution in [1.29, 1.82) is 0 Å². The van der Waals surface area contributed by atoms with E-state index in [0.717, 1.165) is 33.0 Å². The topological polar surface area (TPSA) is 113 Å². The first-order chi connectivity index (χ1) is 20.3. The Labute approximate surface area is 251 Å². The number of aromatic carboxylic acids is 1. The second-order valence-electron chi connectivity index (χ2n) is 11.7. The summed E-state index contributed by atoms with van der Waals surface area (Å²) < 4.78 is 2.06. The number of fused-ring (bicyclic) bond motifs is 2. The van der Waals surface area contributed by atoms with E-state index in [1.165, 1.54) is 28.6 Å². The van der Waals surface area contributed by atoms with Crippen LogP contribution in [-0.2, 0) is 9.59 Å². The number of benzene rings is 2. The van der Waals surface area contributed by atoms with E-state index in [9.17, 15) is 24.3 Å². The molecule has 43 heavy (non-hydrogen) atoms. The zero-order valence-corrected chi connectivity index (χ0v) is 26.1. The van der Waals surface area contributed by atoms with E-state index in [1.807, 2.05) is 40.3 Å². The zero-order valence-electron chi connectivity index (χ0n) is 25.1. The van der Waals surface area contributed by atoms with Gasteiger partial charge in [-0.2, -0.15) is 0 Å². The average molecular weight is 595 g/mol. The van der Waals surface area contributed by atoms with Crippen molar-refractivity contribution in [2.45, 2.75) is 13.1 Å². The molecule has 5 rings (SSSR count). The second-order valence-corrected chi connectivity index (χ2v) is 16.0. The van der Waals surface area contributed by atoms with Crippen molar-refractivity contribution < 1.29 is 28.9 Å². The highest BCUT2D eigenvalue weighted by atomic mass is 28.3. The molecule has 2 heterocycles. The van der Waals surface area contributed by atoms with E-state index < -0.39 is 31.8 Å². The maximum Gasteiger partial charge on any atom is 0.253 e. The molecule has 2 aromatic rings. The highest BCUT2D eigenvalue weighted by Crippen LogP contribution is 2.42. The number of carboxylic acids is 1. The summed E-state index contributed by atoms with van der Waals surface area (Å²) in [7, 11) is 5.76. The van der Waals surface area contributed by atoms with Gasteiger partial charge < -0.3 is 20.1 Å². The van der Waals surface area contributed by atoms with Crippen molar-refractivity contribution in [3.8, 4) is 0 Å². The highest BCUT2D eigenvalue weighted by Gasteiger charge is 2.41. The van der Waals surface area contributed by atoms with Crippen LogP contribution in [0.25, 0.3) is 5.57 Å². The van der Waals surface area contributed by atoms with Crippen LogP contribution < -0.4 is 20.5 Å². The van der Waals surface area contributed by atoms with Crippen LogP contribution in [0.3, 0.4) is 0 Å². The van der Waals surface area contributed by atoms with E-state index >= 15 is 0 Å². The van der Waals surface area contributed by atoms with Crippen molar-refractivity contribution in [2.75, 3.05) is 46.2 Å². The molecular formula is C33H34N4O5Si. The standard InChI is InChI=1S/C33H34N4O5Si/c1-35(2)21-8-11-24-27(18-21)43(5,6)28-19-22(36(3)4)9-12-25(28)31(24)23-10-7-20(17-26(23)33(41)42)32(40)34-15-16-37-29(38)13-14-30(37)39/h7-14,17-19H,15-16H2,1-6H3,(H-,34,40,41,42). The number of allylic oxidation sites excluding steroid dienone is 5. The van der Waals surface area contributed by atoms with Crippen LogP contribution in [0.2, 0.25) is 13.1 Å². The number of hydrogen-bond acceptors (Lipinski definition) is 6. The van der Waals surface area contributed by atoms with Gasteiger partial charge in [0.25, 0.3) is 17.7 Å². The lowest BCUT2D eigenvalue weighted by Crippen LogP contribution is -2.50. The van der Waals surface area contributed by atoms with E-state index in [0.29, 0.717) is 5.56 Å². The van der Waals surface area contributed by atoms with E-state index in [4.69, 9.17) is 0 Å². The van der Waals surface area contributed by atoms with Crippen LogP contribution >= 0.6 is 0 Å². The van der Waals surface area contributed by atoms with Gasteiger partial charge >= 0.3 is 0 Å². The lowest BCUT2D eigenvalue weighted by Gasteiger charge is -2.38. The van der Waals surface area contributed by atoms with Gasteiger partial charge in [-0.25, -0.2) is 4.58 Å². The normalized spacial score (nSPS) is 16.7. The maximum absolute atomic E-state index is 13.0. The molecule has 0 saturated carbocycles. The quantitative estimate of drug-likeness (QED) is 0.294. The number of rotatable bonds is 7. The van der Waals surface area contributed by atoms with Gasteiger partial charge in [-0.05, 0) is 63.0 Å². The number of carbonyl (C=O) groups excluding carboxylic acids is 4. The molecule has 2 aromatic carbocycles. The highest BCUT2D eigenvalue weighted by molar-refractivity contribution is 6.98. The van der Waals surface area contributed by atoms with Crippen LogP contribution in [0.5, 0.6) is 0 Å². The van der Waals surface area contributed by atoms with Gasteiger partial charge in [0.05, 0.1) is 5.97 Å². The Hall–Kier alpha value is -4.83. The number of amides is 3. The van der Waals surface area contributed by atoms with Crippen molar-refractivity contribution in [3.05, 3.63) is 99.8 Å². The Morgan fingerprint density at radius 1 is 0.953 bits per heavy atom. The Balaban J connectivity index is 1.59. The fraction of sp³-hybridized carbons (Fsp3) is 0.242. The first-order valence-electron chi connectivity index (χ1n) is 14.0. The Morgan fingerprint density at radius 3 is 2.26 bits per heavy atom. The van der Waals surface area contributed by atoms with Crippen LogP contribution in [0.15, 0.2) is 77.5 Å². The molecule has 1 N–H and O–H groups in total. The summed E-state index contributed by atoms with van der Waals surface area (Å²) in [5.74, 6) is -2.78. The van der Waals surface area contributed by atoms with Crippen molar-refractivity contribution in [2.24, 2.45) is 0 Å². The molecule has 0 bridgehead atoms. The van der Waals surface area contributed by atoms with Gasteiger partial charge in [-0.3, -0.25) is 19.3 Å². The van der Waals surface area contributed by atoms with E-state index in [-0.39, 0.29) is 24.2 Å². The summed E-state index contributed by atoms with van der Waals surface area (Å²) in [6.07, 6.45) is 8.67. The van der Waals surface area contributed by atoms with Gasteiger partial charge in [0.15, 0.2) is 5.71 Å². The molecule has 3 amide bonds. The minimum atomic E-state index is -2.23. The third-order valence-electron chi connectivity index (χ3n) is 8.22. The maximum atomic E-state index is 13.0. The van der Waals surface area contributed by atoms with Gasteiger partial charge in [0, 0.05) is 68.3 Å². The number of nitrogens with zero attached hydrogens (tertiary/aromatic N) is 3. The lowest BCUT2D eigenvalue weighted by molar-refractivity contribution is -0.462. The largest absolute Gasteiger partial charge is 0.545 e. The molecule has 3 aliphatic rings.